The molecule has 2 fully saturated rings. The first-order chi connectivity index (χ1) is 6.74. The van der Waals surface area contributed by atoms with Gasteiger partial charge in [-0.1, -0.05) is 15.9 Å². The van der Waals surface area contributed by atoms with Crippen molar-refractivity contribution in [1.82, 2.24) is 0 Å². The summed E-state index contributed by atoms with van der Waals surface area (Å²) in [6, 6.07) is 0. The van der Waals surface area contributed by atoms with Crippen molar-refractivity contribution in [3.05, 3.63) is 0 Å². The Kier molecular flexibility index (Phi) is 3.50. The van der Waals surface area contributed by atoms with Crippen LogP contribution in [0, 0.1) is 0 Å². The molecule has 2 heterocycles. The van der Waals surface area contributed by atoms with Crippen LogP contribution in [0.2, 0.25) is 0 Å². The van der Waals surface area contributed by atoms with Gasteiger partial charge in [-0.15, -0.1) is 0 Å². The van der Waals surface area contributed by atoms with Gasteiger partial charge < -0.3 is 9.47 Å². The van der Waals surface area contributed by atoms with Crippen molar-refractivity contribution in [3.63, 3.8) is 0 Å². The zero-order valence-electron chi connectivity index (χ0n) is 8.80. The van der Waals surface area contributed by atoms with E-state index in [0.717, 1.165) is 31.0 Å². The monoisotopic (exact) mass is 262 g/mol. The van der Waals surface area contributed by atoms with E-state index in [1.807, 2.05) is 0 Å². The van der Waals surface area contributed by atoms with Crippen molar-refractivity contribution in [3.8, 4) is 0 Å². The highest BCUT2D eigenvalue weighted by atomic mass is 79.9. The Balaban J connectivity index is 1.93. The van der Waals surface area contributed by atoms with E-state index in [4.69, 9.17) is 9.47 Å². The molecule has 2 aliphatic heterocycles. The molecule has 0 bridgehead atoms. The standard InChI is InChI=1S/C11H19BrO2/c1-9-4-7-11(13-9)6-2-3-10(14-11)5-8-12/h9-10H,2-8H2,1H3/t9-,10+,11-/m1/s1. The number of hydrogen-bond acceptors (Lipinski definition) is 2. The molecule has 0 aromatic carbocycles. The summed E-state index contributed by atoms with van der Waals surface area (Å²) in [6.07, 6.45) is 7.70. The SMILES string of the molecule is C[C@@H]1CC[C@]2(CCC[C@@H](CCBr)O2)O1. The van der Waals surface area contributed by atoms with E-state index in [9.17, 15) is 0 Å². The van der Waals surface area contributed by atoms with Crippen molar-refractivity contribution in [1.29, 1.82) is 0 Å². The quantitative estimate of drug-likeness (QED) is 0.712. The first kappa shape index (κ1) is 10.9. The van der Waals surface area contributed by atoms with Gasteiger partial charge in [0.2, 0.25) is 0 Å². The minimum Gasteiger partial charge on any atom is -0.347 e. The maximum atomic E-state index is 6.09. The molecule has 14 heavy (non-hydrogen) atoms. The van der Waals surface area contributed by atoms with Crippen molar-refractivity contribution in [2.75, 3.05) is 5.33 Å². The Morgan fingerprint density at radius 2 is 2.14 bits per heavy atom. The summed E-state index contributed by atoms with van der Waals surface area (Å²) in [5.41, 5.74) is 0. The van der Waals surface area contributed by atoms with Crippen LogP contribution >= 0.6 is 15.9 Å². The number of rotatable bonds is 2. The van der Waals surface area contributed by atoms with Gasteiger partial charge in [0.25, 0.3) is 0 Å². The first-order valence-electron chi connectivity index (χ1n) is 5.66. The molecule has 0 radical (unpaired) electrons. The minimum absolute atomic E-state index is 0.204. The third-order valence-corrected chi connectivity index (χ3v) is 3.70. The minimum atomic E-state index is -0.204. The van der Waals surface area contributed by atoms with E-state index < -0.39 is 0 Å². The predicted molar refractivity (Wildman–Crippen MR) is 59.6 cm³/mol. The van der Waals surface area contributed by atoms with Crippen molar-refractivity contribution in [2.24, 2.45) is 0 Å². The Hall–Kier alpha value is 0.400. The van der Waals surface area contributed by atoms with Crippen molar-refractivity contribution < 1.29 is 9.47 Å². The summed E-state index contributed by atoms with van der Waals surface area (Å²) < 4.78 is 12.0. The second kappa shape index (κ2) is 4.50. The van der Waals surface area contributed by atoms with E-state index >= 15 is 0 Å². The smallest absolute Gasteiger partial charge is 0.169 e. The molecule has 2 nitrogen and oxygen atoms in total. The third-order valence-electron chi connectivity index (χ3n) is 3.24. The fourth-order valence-electron chi connectivity index (χ4n) is 2.52. The molecule has 2 aliphatic rings. The Morgan fingerprint density at radius 1 is 1.29 bits per heavy atom. The highest BCUT2D eigenvalue weighted by molar-refractivity contribution is 9.09. The van der Waals surface area contributed by atoms with Gasteiger partial charge >= 0.3 is 0 Å². The van der Waals surface area contributed by atoms with Crippen LogP contribution in [0.3, 0.4) is 0 Å². The van der Waals surface area contributed by atoms with Gasteiger partial charge in [-0.05, 0) is 32.6 Å². The first-order valence-corrected chi connectivity index (χ1v) is 6.78. The molecule has 0 unspecified atom stereocenters. The molecule has 0 aromatic heterocycles. The fourth-order valence-corrected chi connectivity index (χ4v) is 3.03. The zero-order chi connectivity index (χ0) is 10.0. The summed E-state index contributed by atoms with van der Waals surface area (Å²) in [6.45, 7) is 2.15. The van der Waals surface area contributed by atoms with Crippen LogP contribution in [0.5, 0.6) is 0 Å². The number of ether oxygens (including phenoxy) is 2. The summed E-state index contributed by atoms with van der Waals surface area (Å²) in [5.74, 6) is -0.204. The third kappa shape index (κ3) is 2.31. The average molecular weight is 263 g/mol. The van der Waals surface area contributed by atoms with Crippen molar-refractivity contribution >= 4 is 15.9 Å². The van der Waals surface area contributed by atoms with Gasteiger partial charge in [0.15, 0.2) is 5.79 Å². The molecular weight excluding hydrogens is 244 g/mol. The average Bonchev–Trinajstić information content (AvgIpc) is 2.48. The lowest BCUT2D eigenvalue weighted by atomic mass is 9.97. The van der Waals surface area contributed by atoms with Gasteiger partial charge in [-0.2, -0.15) is 0 Å². The molecule has 0 aliphatic carbocycles. The van der Waals surface area contributed by atoms with Crippen LogP contribution in [0.15, 0.2) is 0 Å². The summed E-state index contributed by atoms with van der Waals surface area (Å²) in [5, 5.41) is 1.03. The number of alkyl halides is 1. The second-order valence-corrected chi connectivity index (χ2v) is 5.28. The zero-order valence-corrected chi connectivity index (χ0v) is 10.4. The van der Waals surface area contributed by atoms with Crippen LogP contribution in [0.1, 0.15) is 45.4 Å². The van der Waals surface area contributed by atoms with Crippen LogP contribution in [0.4, 0.5) is 0 Å². The summed E-state index contributed by atoms with van der Waals surface area (Å²) in [7, 11) is 0. The topological polar surface area (TPSA) is 18.5 Å². The molecule has 0 amide bonds. The Labute approximate surface area is 94.5 Å². The lowest BCUT2D eigenvalue weighted by Crippen LogP contribution is -2.40. The number of halogens is 1. The molecule has 2 rings (SSSR count). The number of hydrogen-bond donors (Lipinski definition) is 0. The molecule has 1 spiro atoms. The van der Waals surface area contributed by atoms with Crippen LogP contribution < -0.4 is 0 Å². The van der Waals surface area contributed by atoms with E-state index in [1.165, 1.54) is 12.8 Å². The van der Waals surface area contributed by atoms with Crippen LogP contribution in [-0.2, 0) is 9.47 Å². The lowest BCUT2D eigenvalue weighted by Gasteiger charge is -2.38. The predicted octanol–water partition coefficient (Wildman–Crippen LogP) is 3.24. The van der Waals surface area contributed by atoms with Gasteiger partial charge in [0.05, 0.1) is 12.2 Å². The van der Waals surface area contributed by atoms with Gasteiger partial charge in [-0.25, -0.2) is 0 Å². The summed E-state index contributed by atoms with van der Waals surface area (Å²) >= 11 is 3.47. The largest absolute Gasteiger partial charge is 0.347 e. The molecule has 3 atom stereocenters. The lowest BCUT2D eigenvalue weighted by molar-refractivity contribution is -0.268. The summed E-state index contributed by atoms with van der Waals surface area (Å²) in [4.78, 5) is 0. The molecule has 0 aromatic rings. The fraction of sp³-hybridized carbons (Fsp3) is 1.00. The van der Waals surface area contributed by atoms with Gasteiger partial charge in [0, 0.05) is 18.2 Å². The van der Waals surface area contributed by atoms with Crippen LogP contribution in [0.25, 0.3) is 0 Å². The highest BCUT2D eigenvalue weighted by Crippen LogP contribution is 2.40. The normalized spacial score (nSPS) is 43.3. The van der Waals surface area contributed by atoms with E-state index in [2.05, 4.69) is 22.9 Å². The van der Waals surface area contributed by atoms with Crippen LogP contribution in [-0.4, -0.2) is 23.3 Å². The molecule has 82 valence electrons. The maximum Gasteiger partial charge on any atom is 0.169 e. The molecule has 3 heteroatoms. The molecule has 0 saturated carbocycles. The Bertz CT molecular complexity index is 192. The molecule has 0 N–H and O–H groups in total. The molecule has 2 saturated heterocycles. The van der Waals surface area contributed by atoms with Gasteiger partial charge in [-0.3, -0.25) is 0 Å². The van der Waals surface area contributed by atoms with Crippen molar-refractivity contribution in [2.45, 2.75) is 63.4 Å². The highest BCUT2D eigenvalue weighted by Gasteiger charge is 2.43. The van der Waals surface area contributed by atoms with E-state index in [0.29, 0.717) is 12.2 Å². The second-order valence-electron chi connectivity index (χ2n) is 4.49. The van der Waals surface area contributed by atoms with E-state index in [1.54, 1.807) is 0 Å². The molecular formula is C11H19BrO2. The Morgan fingerprint density at radius 3 is 2.79 bits per heavy atom. The van der Waals surface area contributed by atoms with Gasteiger partial charge in [0.1, 0.15) is 0 Å². The van der Waals surface area contributed by atoms with E-state index in [-0.39, 0.29) is 5.79 Å². The maximum absolute atomic E-state index is 6.09.